The molecule has 1 aliphatic carbocycles. The lowest BCUT2D eigenvalue weighted by Crippen LogP contribution is -2.44. The van der Waals surface area contributed by atoms with Gasteiger partial charge >= 0.3 is 5.69 Å². The fraction of sp³-hybridized carbons (Fsp3) is 0.406. The molecule has 1 aliphatic rings. The molecule has 0 amide bonds. The van der Waals surface area contributed by atoms with Crippen molar-refractivity contribution >= 4 is 11.0 Å². The average Bonchev–Trinajstić information content (AvgIpc) is 2.97. The molecule has 2 aromatic carbocycles. The van der Waals surface area contributed by atoms with Gasteiger partial charge in [0.05, 0.1) is 17.3 Å². The third-order valence-corrected chi connectivity index (χ3v) is 8.38. The van der Waals surface area contributed by atoms with Crippen molar-refractivity contribution in [1.29, 1.82) is 0 Å². The van der Waals surface area contributed by atoms with Gasteiger partial charge in [-0.1, -0.05) is 25.1 Å². The molecule has 8 nitrogen and oxygen atoms in total. The van der Waals surface area contributed by atoms with Crippen molar-refractivity contribution in [2.75, 3.05) is 13.6 Å². The molecule has 1 fully saturated rings. The number of hydrogen-bond donors (Lipinski definition) is 2. The molecule has 2 N–H and O–H groups in total. The van der Waals surface area contributed by atoms with Crippen LogP contribution in [0.25, 0.3) is 27.8 Å². The summed E-state index contributed by atoms with van der Waals surface area (Å²) in [5, 5.41) is 13.6. The zero-order valence-electron chi connectivity index (χ0n) is 24.1. The van der Waals surface area contributed by atoms with Gasteiger partial charge in [0.2, 0.25) is 0 Å². The SMILES string of the molecule is CCN(Cc1cc(O)ccc1-c1cccc(-n2c(=O)n(C3CCC(NC)CC3)c(=O)c3cc(F)cnc32)c1)C(C)C. The number of nitrogens with zero attached hydrogens (tertiary/aromatic N) is 4. The second-order valence-corrected chi connectivity index (χ2v) is 11.2. The summed E-state index contributed by atoms with van der Waals surface area (Å²) in [6.45, 7) is 7.89. The van der Waals surface area contributed by atoms with E-state index in [-0.39, 0.29) is 22.8 Å². The summed E-state index contributed by atoms with van der Waals surface area (Å²) >= 11 is 0. The van der Waals surface area contributed by atoms with Gasteiger partial charge in [-0.15, -0.1) is 0 Å². The first-order valence-electron chi connectivity index (χ1n) is 14.4. The van der Waals surface area contributed by atoms with Crippen LogP contribution in [0.5, 0.6) is 5.75 Å². The minimum absolute atomic E-state index is 0.0755. The summed E-state index contributed by atoms with van der Waals surface area (Å²) in [6.07, 6.45) is 4.08. The smallest absolute Gasteiger partial charge is 0.337 e. The first kappa shape index (κ1) is 28.7. The normalized spacial score (nSPS) is 17.5. The Morgan fingerprint density at radius 1 is 1.10 bits per heavy atom. The van der Waals surface area contributed by atoms with Crippen molar-refractivity contribution in [3.63, 3.8) is 0 Å². The van der Waals surface area contributed by atoms with Gasteiger partial charge < -0.3 is 10.4 Å². The van der Waals surface area contributed by atoms with E-state index in [9.17, 15) is 19.1 Å². The molecule has 216 valence electrons. The molecular formula is C32H38FN5O3. The van der Waals surface area contributed by atoms with E-state index in [0.29, 0.717) is 37.2 Å². The van der Waals surface area contributed by atoms with Crippen LogP contribution in [0, 0.1) is 5.82 Å². The van der Waals surface area contributed by atoms with Crippen LogP contribution in [0.1, 0.15) is 58.1 Å². The lowest BCUT2D eigenvalue weighted by atomic mass is 9.91. The van der Waals surface area contributed by atoms with E-state index >= 15 is 0 Å². The number of phenolic OH excluding ortho intramolecular Hbond substituents is 1. The number of benzene rings is 2. The maximum absolute atomic E-state index is 14.3. The quantitative estimate of drug-likeness (QED) is 0.316. The van der Waals surface area contributed by atoms with Crippen LogP contribution in [-0.2, 0) is 6.54 Å². The van der Waals surface area contributed by atoms with Crippen LogP contribution >= 0.6 is 0 Å². The molecule has 0 atom stereocenters. The molecule has 41 heavy (non-hydrogen) atoms. The van der Waals surface area contributed by atoms with Crippen LogP contribution in [0.3, 0.4) is 0 Å². The number of halogens is 1. The second-order valence-electron chi connectivity index (χ2n) is 11.2. The maximum Gasteiger partial charge on any atom is 0.337 e. The number of rotatable bonds is 8. The Hall–Kier alpha value is -3.82. The Morgan fingerprint density at radius 3 is 2.54 bits per heavy atom. The fourth-order valence-electron chi connectivity index (χ4n) is 6.04. The predicted molar refractivity (Wildman–Crippen MR) is 160 cm³/mol. The van der Waals surface area contributed by atoms with Crippen LogP contribution in [0.4, 0.5) is 4.39 Å². The van der Waals surface area contributed by atoms with E-state index in [0.717, 1.165) is 42.3 Å². The fourth-order valence-corrected chi connectivity index (χ4v) is 6.04. The molecule has 2 aromatic heterocycles. The highest BCUT2D eigenvalue weighted by molar-refractivity contribution is 5.77. The second kappa shape index (κ2) is 12.0. The molecule has 0 bridgehead atoms. The standard InChI is InChI=1S/C32H38FN5O3/c1-5-36(20(2)3)19-22-16-27(39)13-14-28(22)21-7-6-8-26(15-21)37-30-29(17-23(33)18-35-30)31(40)38(32(37)41)25-11-9-24(34-4)10-12-25/h6-8,13-18,20,24-25,34,39H,5,9-12,19H2,1-4H3. The molecular weight excluding hydrogens is 521 g/mol. The molecule has 9 heteroatoms. The van der Waals surface area contributed by atoms with Gasteiger partial charge in [-0.3, -0.25) is 14.3 Å². The topological polar surface area (TPSA) is 92.4 Å². The summed E-state index contributed by atoms with van der Waals surface area (Å²) in [5.41, 5.74) is 2.42. The Bertz CT molecular complexity index is 1670. The van der Waals surface area contributed by atoms with Crippen LogP contribution in [-0.4, -0.2) is 49.8 Å². The van der Waals surface area contributed by atoms with E-state index in [1.54, 1.807) is 18.2 Å². The number of phenols is 1. The van der Waals surface area contributed by atoms with Crippen LogP contribution < -0.4 is 16.6 Å². The van der Waals surface area contributed by atoms with Gasteiger partial charge in [-0.05, 0) is 100 Å². The summed E-state index contributed by atoms with van der Waals surface area (Å²) in [5.74, 6) is -0.438. The first-order valence-corrected chi connectivity index (χ1v) is 14.4. The Balaban J connectivity index is 1.67. The third-order valence-electron chi connectivity index (χ3n) is 8.38. The number of nitrogens with one attached hydrogen (secondary N) is 1. The molecule has 0 unspecified atom stereocenters. The Kier molecular flexibility index (Phi) is 8.37. The maximum atomic E-state index is 14.3. The molecule has 2 heterocycles. The molecule has 0 spiro atoms. The minimum atomic E-state index is -0.627. The van der Waals surface area contributed by atoms with Gasteiger partial charge in [0.1, 0.15) is 11.6 Å². The van der Waals surface area contributed by atoms with E-state index in [1.807, 2.05) is 31.3 Å². The van der Waals surface area contributed by atoms with Crippen molar-refractivity contribution < 1.29 is 9.50 Å². The highest BCUT2D eigenvalue weighted by Gasteiger charge is 2.27. The Labute approximate surface area is 239 Å². The monoisotopic (exact) mass is 559 g/mol. The highest BCUT2D eigenvalue weighted by atomic mass is 19.1. The summed E-state index contributed by atoms with van der Waals surface area (Å²) in [6, 6.07) is 14.4. The van der Waals surface area contributed by atoms with E-state index in [4.69, 9.17) is 0 Å². The van der Waals surface area contributed by atoms with Gasteiger partial charge in [0.25, 0.3) is 5.56 Å². The average molecular weight is 560 g/mol. The largest absolute Gasteiger partial charge is 0.508 e. The minimum Gasteiger partial charge on any atom is -0.508 e. The summed E-state index contributed by atoms with van der Waals surface area (Å²) < 4.78 is 17.1. The molecule has 1 saturated carbocycles. The van der Waals surface area contributed by atoms with E-state index in [2.05, 4.69) is 36.0 Å². The van der Waals surface area contributed by atoms with Crippen LogP contribution in [0.2, 0.25) is 0 Å². The third kappa shape index (κ3) is 5.69. The van der Waals surface area contributed by atoms with Crippen LogP contribution in [0.15, 0.2) is 64.3 Å². The highest BCUT2D eigenvalue weighted by Crippen LogP contribution is 2.31. The van der Waals surface area contributed by atoms with Crippen molar-refractivity contribution in [2.24, 2.45) is 0 Å². The van der Waals surface area contributed by atoms with Gasteiger partial charge in [0.15, 0.2) is 5.65 Å². The molecule has 0 radical (unpaired) electrons. The summed E-state index contributed by atoms with van der Waals surface area (Å²) in [7, 11) is 1.92. The number of pyridine rings is 1. The van der Waals surface area contributed by atoms with Gasteiger partial charge in [-0.2, -0.15) is 0 Å². The number of fused-ring (bicyclic) bond motifs is 1. The molecule has 4 aromatic rings. The Morgan fingerprint density at radius 2 is 1.85 bits per heavy atom. The van der Waals surface area contributed by atoms with E-state index < -0.39 is 17.1 Å². The van der Waals surface area contributed by atoms with Crippen molar-refractivity contribution in [2.45, 2.75) is 71.1 Å². The van der Waals surface area contributed by atoms with Crippen molar-refractivity contribution in [1.82, 2.24) is 24.3 Å². The summed E-state index contributed by atoms with van der Waals surface area (Å²) in [4.78, 5) is 34.2. The zero-order valence-corrected chi connectivity index (χ0v) is 24.1. The molecule has 0 aliphatic heterocycles. The van der Waals surface area contributed by atoms with Crippen molar-refractivity contribution in [3.8, 4) is 22.6 Å². The van der Waals surface area contributed by atoms with Gasteiger partial charge in [-0.25, -0.2) is 18.7 Å². The predicted octanol–water partition coefficient (Wildman–Crippen LogP) is 4.99. The number of aromatic hydroxyl groups is 1. The molecule has 5 rings (SSSR count). The van der Waals surface area contributed by atoms with Crippen molar-refractivity contribution in [3.05, 3.63) is 86.9 Å². The lowest BCUT2D eigenvalue weighted by Gasteiger charge is -2.29. The molecule has 0 saturated heterocycles. The first-order chi connectivity index (χ1) is 19.7. The van der Waals surface area contributed by atoms with Gasteiger partial charge in [0, 0.05) is 24.7 Å². The zero-order chi connectivity index (χ0) is 29.3. The number of hydrogen-bond acceptors (Lipinski definition) is 6. The number of aromatic nitrogens is 3. The van der Waals surface area contributed by atoms with E-state index in [1.165, 1.54) is 15.2 Å². The lowest BCUT2D eigenvalue weighted by molar-refractivity contribution is 0.225.